The van der Waals surface area contributed by atoms with Crippen molar-refractivity contribution in [3.05, 3.63) is 29.3 Å². The highest BCUT2D eigenvalue weighted by Crippen LogP contribution is 2.47. The Morgan fingerprint density at radius 3 is 2.60 bits per heavy atom. The highest BCUT2D eigenvalue weighted by Gasteiger charge is 2.40. The number of aromatic carboxylic acids is 1. The Morgan fingerprint density at radius 1 is 1.35 bits per heavy atom. The Kier molecular flexibility index (Phi) is 3.97. The molecule has 0 unspecified atom stereocenters. The van der Waals surface area contributed by atoms with E-state index in [1.54, 1.807) is 19.1 Å². The minimum atomic E-state index is -0.991. The summed E-state index contributed by atoms with van der Waals surface area (Å²) in [7, 11) is 0. The van der Waals surface area contributed by atoms with Crippen molar-refractivity contribution in [2.75, 3.05) is 11.9 Å². The van der Waals surface area contributed by atoms with Gasteiger partial charge < -0.3 is 15.7 Å². The van der Waals surface area contributed by atoms with Gasteiger partial charge in [-0.05, 0) is 49.3 Å². The van der Waals surface area contributed by atoms with Crippen molar-refractivity contribution in [3.8, 4) is 0 Å². The lowest BCUT2D eigenvalue weighted by atomic mass is 10.0. The van der Waals surface area contributed by atoms with Crippen molar-refractivity contribution >= 4 is 17.7 Å². The van der Waals surface area contributed by atoms with Crippen LogP contribution in [-0.2, 0) is 0 Å². The molecule has 0 radical (unpaired) electrons. The van der Waals surface area contributed by atoms with E-state index in [9.17, 15) is 9.59 Å². The molecule has 0 aromatic heterocycles. The molecule has 1 aromatic rings. The van der Waals surface area contributed by atoms with Gasteiger partial charge in [0.1, 0.15) is 0 Å². The number of urea groups is 1. The largest absolute Gasteiger partial charge is 0.478 e. The van der Waals surface area contributed by atoms with Gasteiger partial charge in [-0.25, -0.2) is 9.59 Å². The van der Waals surface area contributed by atoms with E-state index in [1.165, 1.54) is 6.07 Å². The Balaban J connectivity index is 1.94. The molecule has 1 saturated carbocycles. The normalized spacial score (nSPS) is 15.5. The molecule has 0 bridgehead atoms. The minimum Gasteiger partial charge on any atom is -0.478 e. The van der Waals surface area contributed by atoms with Gasteiger partial charge in [0.2, 0.25) is 0 Å². The summed E-state index contributed by atoms with van der Waals surface area (Å²) >= 11 is 0. The number of carboxylic acids is 1. The van der Waals surface area contributed by atoms with Crippen LogP contribution in [0, 0.1) is 12.3 Å². The monoisotopic (exact) mass is 276 g/mol. The summed E-state index contributed by atoms with van der Waals surface area (Å²) in [6.45, 7) is 4.53. The van der Waals surface area contributed by atoms with Crippen molar-refractivity contribution in [3.63, 3.8) is 0 Å². The van der Waals surface area contributed by atoms with E-state index in [-0.39, 0.29) is 17.0 Å². The third-order valence-electron chi connectivity index (χ3n) is 4.06. The molecule has 0 saturated heterocycles. The van der Waals surface area contributed by atoms with Crippen LogP contribution in [0.15, 0.2) is 18.2 Å². The zero-order chi connectivity index (χ0) is 14.8. The van der Waals surface area contributed by atoms with Crippen LogP contribution in [-0.4, -0.2) is 23.7 Å². The topological polar surface area (TPSA) is 78.4 Å². The van der Waals surface area contributed by atoms with Gasteiger partial charge in [0.25, 0.3) is 0 Å². The number of benzene rings is 1. The molecular weight excluding hydrogens is 256 g/mol. The first kappa shape index (κ1) is 14.4. The second kappa shape index (κ2) is 5.53. The molecule has 2 rings (SSSR count). The van der Waals surface area contributed by atoms with Crippen LogP contribution in [0.3, 0.4) is 0 Å². The quantitative estimate of drug-likeness (QED) is 0.773. The number of nitrogens with one attached hydrogen (secondary N) is 2. The lowest BCUT2D eigenvalue weighted by molar-refractivity contribution is 0.0696. The highest BCUT2D eigenvalue weighted by molar-refractivity contribution is 5.94. The maximum Gasteiger partial charge on any atom is 0.336 e. The lowest BCUT2D eigenvalue weighted by Crippen LogP contribution is -2.33. The number of anilines is 1. The van der Waals surface area contributed by atoms with Crippen LogP contribution < -0.4 is 10.6 Å². The number of carboxylic acid groups (broad SMARTS) is 1. The molecule has 2 amide bonds. The Hall–Kier alpha value is -2.04. The van der Waals surface area contributed by atoms with Gasteiger partial charge in [-0.1, -0.05) is 13.0 Å². The van der Waals surface area contributed by atoms with Crippen molar-refractivity contribution in [2.24, 2.45) is 5.41 Å². The predicted molar refractivity (Wildman–Crippen MR) is 77.1 cm³/mol. The zero-order valence-electron chi connectivity index (χ0n) is 11.8. The summed E-state index contributed by atoms with van der Waals surface area (Å²) in [4.78, 5) is 22.8. The molecule has 5 heteroatoms. The number of carbonyl (C=O) groups is 2. The standard InChI is InChI=1S/C15H20N2O3/c1-3-15(6-7-15)9-16-14(20)17-11-5-4-10(2)12(8-11)13(18)19/h4-5,8H,3,6-7,9H2,1-2H3,(H,18,19)(H2,16,17,20). The van der Waals surface area contributed by atoms with E-state index in [1.807, 2.05) is 0 Å². The van der Waals surface area contributed by atoms with Crippen molar-refractivity contribution < 1.29 is 14.7 Å². The number of rotatable bonds is 5. The summed E-state index contributed by atoms with van der Waals surface area (Å²) in [5.74, 6) is -0.991. The first-order chi connectivity index (χ1) is 9.46. The van der Waals surface area contributed by atoms with E-state index in [2.05, 4.69) is 17.6 Å². The SMILES string of the molecule is CCC1(CNC(=O)Nc2ccc(C)c(C(=O)O)c2)CC1. The van der Waals surface area contributed by atoms with E-state index >= 15 is 0 Å². The second-order valence-corrected chi connectivity index (χ2v) is 5.50. The molecule has 0 heterocycles. The zero-order valence-corrected chi connectivity index (χ0v) is 11.8. The highest BCUT2D eigenvalue weighted by atomic mass is 16.4. The number of amides is 2. The Labute approximate surface area is 118 Å². The Bertz CT molecular complexity index is 536. The molecular formula is C15H20N2O3. The maximum absolute atomic E-state index is 11.8. The number of carbonyl (C=O) groups excluding carboxylic acids is 1. The molecule has 108 valence electrons. The predicted octanol–water partition coefficient (Wildman–Crippen LogP) is 3.00. The third kappa shape index (κ3) is 3.29. The fraction of sp³-hybridized carbons (Fsp3) is 0.467. The molecule has 3 N–H and O–H groups in total. The van der Waals surface area contributed by atoms with Crippen molar-refractivity contribution in [2.45, 2.75) is 33.1 Å². The van der Waals surface area contributed by atoms with Gasteiger partial charge in [-0.2, -0.15) is 0 Å². The molecule has 20 heavy (non-hydrogen) atoms. The lowest BCUT2D eigenvalue weighted by Gasteiger charge is -2.14. The molecule has 0 spiro atoms. The summed E-state index contributed by atoms with van der Waals surface area (Å²) in [6, 6.07) is 4.58. The molecule has 1 aromatic carbocycles. The minimum absolute atomic E-state index is 0.204. The van der Waals surface area contributed by atoms with E-state index in [4.69, 9.17) is 5.11 Å². The maximum atomic E-state index is 11.8. The summed E-state index contributed by atoms with van der Waals surface area (Å²) in [5, 5.41) is 14.6. The van der Waals surface area contributed by atoms with Gasteiger partial charge >= 0.3 is 12.0 Å². The first-order valence-electron chi connectivity index (χ1n) is 6.84. The van der Waals surface area contributed by atoms with Crippen LogP contribution in [0.5, 0.6) is 0 Å². The van der Waals surface area contributed by atoms with Crippen LogP contribution in [0.25, 0.3) is 0 Å². The fourth-order valence-corrected chi connectivity index (χ4v) is 2.21. The van der Waals surface area contributed by atoms with Crippen molar-refractivity contribution in [1.29, 1.82) is 0 Å². The van der Waals surface area contributed by atoms with E-state index < -0.39 is 5.97 Å². The summed E-state index contributed by atoms with van der Waals surface area (Å²) < 4.78 is 0. The van der Waals surface area contributed by atoms with E-state index in [0.29, 0.717) is 17.8 Å². The smallest absolute Gasteiger partial charge is 0.336 e. The van der Waals surface area contributed by atoms with Crippen molar-refractivity contribution in [1.82, 2.24) is 5.32 Å². The van der Waals surface area contributed by atoms with Gasteiger partial charge in [0.15, 0.2) is 0 Å². The van der Waals surface area contributed by atoms with Crippen LogP contribution >= 0.6 is 0 Å². The molecule has 1 aliphatic rings. The molecule has 1 aliphatic carbocycles. The van der Waals surface area contributed by atoms with Gasteiger partial charge in [-0.3, -0.25) is 0 Å². The number of hydrogen-bond acceptors (Lipinski definition) is 2. The fourth-order valence-electron chi connectivity index (χ4n) is 2.21. The number of aryl methyl sites for hydroxylation is 1. The van der Waals surface area contributed by atoms with E-state index in [0.717, 1.165) is 19.3 Å². The second-order valence-electron chi connectivity index (χ2n) is 5.50. The van der Waals surface area contributed by atoms with Gasteiger partial charge in [0, 0.05) is 12.2 Å². The van der Waals surface area contributed by atoms with Gasteiger partial charge in [-0.15, -0.1) is 0 Å². The number of hydrogen-bond donors (Lipinski definition) is 3. The van der Waals surface area contributed by atoms with Crippen LogP contribution in [0.1, 0.15) is 42.1 Å². The van der Waals surface area contributed by atoms with Gasteiger partial charge in [0.05, 0.1) is 5.56 Å². The third-order valence-corrected chi connectivity index (χ3v) is 4.06. The average molecular weight is 276 g/mol. The summed E-state index contributed by atoms with van der Waals surface area (Å²) in [6.07, 6.45) is 3.40. The Morgan fingerprint density at radius 2 is 2.05 bits per heavy atom. The van der Waals surface area contributed by atoms with Crippen LogP contribution in [0.2, 0.25) is 0 Å². The molecule has 5 nitrogen and oxygen atoms in total. The summed E-state index contributed by atoms with van der Waals surface area (Å²) in [5.41, 5.74) is 1.66. The van der Waals surface area contributed by atoms with Crippen LogP contribution in [0.4, 0.5) is 10.5 Å². The molecule has 1 fully saturated rings. The molecule has 0 aliphatic heterocycles. The molecule has 0 atom stereocenters. The average Bonchev–Trinajstić information content (AvgIpc) is 3.19. The first-order valence-corrected chi connectivity index (χ1v) is 6.84.